The highest BCUT2D eigenvalue weighted by molar-refractivity contribution is 6.44. The van der Waals surface area contributed by atoms with Gasteiger partial charge in [-0.05, 0) is 11.6 Å². The Morgan fingerprint density at radius 2 is 1.88 bits per heavy atom. The molecule has 0 radical (unpaired) electrons. The molecule has 86 valence electrons. The summed E-state index contributed by atoms with van der Waals surface area (Å²) in [5.41, 5.74) is 7.03. The molecular formula is C8H3Cl2N5O2. The Labute approximate surface area is 103 Å². The van der Waals surface area contributed by atoms with E-state index in [1.807, 2.05) is 0 Å². The summed E-state index contributed by atoms with van der Waals surface area (Å²) < 4.78 is 0. The molecule has 0 atom stereocenters. The van der Waals surface area contributed by atoms with Crippen molar-refractivity contribution in [3.8, 4) is 0 Å². The molecule has 17 heavy (non-hydrogen) atoms. The third-order valence-corrected chi connectivity index (χ3v) is 2.81. The number of hydrogen-bond acceptors (Lipinski definition) is 3. The fourth-order valence-corrected chi connectivity index (χ4v) is 1.71. The average molecular weight is 272 g/mol. The van der Waals surface area contributed by atoms with Crippen LogP contribution in [0.3, 0.4) is 0 Å². The standard InChI is InChI=1S/C8H3Cl2N5O2/c9-2-1-3-5(6(4(2)10)14-15-11)13-8(17)7(16)12-3/h1H,(H,12,16)(H,13,17). The second kappa shape index (κ2) is 4.14. The first-order valence-corrected chi connectivity index (χ1v) is 4.99. The summed E-state index contributed by atoms with van der Waals surface area (Å²) in [6, 6.07) is 1.35. The van der Waals surface area contributed by atoms with E-state index in [0.717, 1.165) is 0 Å². The van der Waals surface area contributed by atoms with Gasteiger partial charge < -0.3 is 9.97 Å². The van der Waals surface area contributed by atoms with E-state index in [1.54, 1.807) is 0 Å². The first kappa shape index (κ1) is 11.5. The van der Waals surface area contributed by atoms with E-state index in [9.17, 15) is 9.59 Å². The predicted molar refractivity (Wildman–Crippen MR) is 64.0 cm³/mol. The summed E-state index contributed by atoms with van der Waals surface area (Å²) in [6.07, 6.45) is 0. The fourth-order valence-electron chi connectivity index (χ4n) is 1.33. The number of azide groups is 1. The molecule has 0 unspecified atom stereocenters. The van der Waals surface area contributed by atoms with Crippen molar-refractivity contribution >= 4 is 39.9 Å². The highest BCUT2D eigenvalue weighted by atomic mass is 35.5. The molecule has 0 aliphatic rings. The molecular weight excluding hydrogens is 269 g/mol. The van der Waals surface area contributed by atoms with E-state index >= 15 is 0 Å². The van der Waals surface area contributed by atoms with Crippen LogP contribution >= 0.6 is 23.2 Å². The molecule has 0 saturated carbocycles. The zero-order valence-corrected chi connectivity index (χ0v) is 9.50. The number of hydrogen-bond donors (Lipinski definition) is 2. The number of halogens is 2. The maximum absolute atomic E-state index is 11.2. The number of aromatic nitrogens is 2. The van der Waals surface area contributed by atoms with Crippen molar-refractivity contribution in [2.45, 2.75) is 0 Å². The molecule has 0 saturated heterocycles. The topological polar surface area (TPSA) is 114 Å². The van der Waals surface area contributed by atoms with Crippen LogP contribution in [0.15, 0.2) is 20.8 Å². The molecule has 2 N–H and O–H groups in total. The van der Waals surface area contributed by atoms with Crippen LogP contribution in [-0.2, 0) is 0 Å². The molecule has 0 spiro atoms. The molecule has 0 fully saturated rings. The third kappa shape index (κ3) is 1.87. The smallest absolute Gasteiger partial charge is 0.314 e. The number of nitrogens with zero attached hydrogens (tertiary/aromatic N) is 3. The molecule has 9 heteroatoms. The monoisotopic (exact) mass is 271 g/mol. The van der Waals surface area contributed by atoms with Crippen molar-refractivity contribution in [3.63, 3.8) is 0 Å². The number of rotatable bonds is 1. The van der Waals surface area contributed by atoms with Gasteiger partial charge in [0, 0.05) is 4.91 Å². The van der Waals surface area contributed by atoms with Crippen molar-refractivity contribution in [2.24, 2.45) is 5.11 Å². The largest absolute Gasteiger partial charge is 0.316 e. The normalized spacial score (nSPS) is 10.2. The maximum Gasteiger partial charge on any atom is 0.314 e. The van der Waals surface area contributed by atoms with Gasteiger partial charge in [0.15, 0.2) is 0 Å². The van der Waals surface area contributed by atoms with Crippen LogP contribution in [-0.4, -0.2) is 9.97 Å². The average Bonchev–Trinajstić information content (AvgIpc) is 2.28. The quantitative estimate of drug-likeness (QED) is 0.359. The van der Waals surface area contributed by atoms with Gasteiger partial charge in [0.1, 0.15) is 0 Å². The van der Waals surface area contributed by atoms with Crippen molar-refractivity contribution in [3.05, 3.63) is 47.3 Å². The Bertz CT molecular complexity index is 772. The van der Waals surface area contributed by atoms with Crippen LogP contribution in [0.2, 0.25) is 10.0 Å². The van der Waals surface area contributed by atoms with Gasteiger partial charge in [-0.1, -0.05) is 28.3 Å². The van der Waals surface area contributed by atoms with E-state index in [1.165, 1.54) is 6.07 Å². The molecule has 0 amide bonds. The molecule has 2 aromatic rings. The Morgan fingerprint density at radius 1 is 1.24 bits per heavy atom. The molecule has 2 rings (SSSR count). The van der Waals surface area contributed by atoms with Gasteiger partial charge in [-0.25, -0.2) is 0 Å². The molecule has 1 aromatic heterocycles. The summed E-state index contributed by atoms with van der Waals surface area (Å²) in [6.45, 7) is 0. The number of aromatic amines is 2. The summed E-state index contributed by atoms with van der Waals surface area (Å²) >= 11 is 11.6. The zero-order valence-electron chi connectivity index (χ0n) is 7.99. The minimum atomic E-state index is -0.870. The van der Waals surface area contributed by atoms with Crippen LogP contribution < -0.4 is 11.1 Å². The van der Waals surface area contributed by atoms with Gasteiger partial charge in [-0.3, -0.25) is 9.59 Å². The van der Waals surface area contributed by atoms with Crippen LogP contribution in [0, 0.1) is 0 Å². The van der Waals surface area contributed by atoms with Crippen molar-refractivity contribution in [2.75, 3.05) is 0 Å². The number of fused-ring (bicyclic) bond motifs is 1. The van der Waals surface area contributed by atoms with Crippen molar-refractivity contribution in [1.29, 1.82) is 0 Å². The van der Waals surface area contributed by atoms with Gasteiger partial charge >= 0.3 is 11.1 Å². The molecule has 0 aliphatic heterocycles. The first-order chi connectivity index (χ1) is 8.04. The van der Waals surface area contributed by atoms with Gasteiger partial charge in [0.25, 0.3) is 0 Å². The fraction of sp³-hybridized carbons (Fsp3) is 0. The lowest BCUT2D eigenvalue weighted by atomic mass is 10.2. The van der Waals surface area contributed by atoms with Crippen LogP contribution in [0.4, 0.5) is 5.69 Å². The van der Waals surface area contributed by atoms with Crippen LogP contribution in [0.1, 0.15) is 0 Å². The van der Waals surface area contributed by atoms with Crippen molar-refractivity contribution in [1.82, 2.24) is 9.97 Å². The molecule has 7 nitrogen and oxygen atoms in total. The molecule has 1 aromatic carbocycles. The van der Waals surface area contributed by atoms with Gasteiger partial charge in [0.2, 0.25) is 0 Å². The van der Waals surface area contributed by atoms with E-state index in [2.05, 4.69) is 20.0 Å². The minimum Gasteiger partial charge on any atom is -0.316 e. The number of benzene rings is 1. The lowest BCUT2D eigenvalue weighted by Gasteiger charge is -2.04. The SMILES string of the molecule is [N-]=[N+]=Nc1c(Cl)c(Cl)cc2[nH]c(=O)c(=O)[nH]c12. The van der Waals surface area contributed by atoms with Crippen molar-refractivity contribution < 1.29 is 0 Å². The zero-order chi connectivity index (χ0) is 12.6. The summed E-state index contributed by atoms with van der Waals surface area (Å²) in [7, 11) is 0. The minimum absolute atomic E-state index is 0.000310. The molecule has 0 aliphatic carbocycles. The molecule has 0 bridgehead atoms. The van der Waals surface area contributed by atoms with Crippen LogP contribution in [0.25, 0.3) is 21.5 Å². The van der Waals surface area contributed by atoms with E-state index in [0.29, 0.717) is 0 Å². The second-order valence-electron chi connectivity index (χ2n) is 3.04. The highest BCUT2D eigenvalue weighted by Gasteiger charge is 2.11. The van der Waals surface area contributed by atoms with E-state index < -0.39 is 11.1 Å². The van der Waals surface area contributed by atoms with E-state index in [-0.39, 0.29) is 26.8 Å². The van der Waals surface area contributed by atoms with Gasteiger partial charge in [-0.2, -0.15) is 0 Å². The molecule has 1 heterocycles. The third-order valence-electron chi connectivity index (χ3n) is 2.03. The summed E-state index contributed by atoms with van der Waals surface area (Å²) in [5.74, 6) is 0. The lowest BCUT2D eigenvalue weighted by molar-refractivity contribution is 1.14. The summed E-state index contributed by atoms with van der Waals surface area (Å²) in [4.78, 5) is 29.4. The number of H-pyrrole nitrogens is 2. The first-order valence-electron chi connectivity index (χ1n) is 4.24. The Balaban J connectivity index is 3.08. The van der Waals surface area contributed by atoms with Gasteiger partial charge in [0.05, 0.1) is 26.8 Å². The highest BCUT2D eigenvalue weighted by Crippen LogP contribution is 2.37. The number of nitrogens with one attached hydrogen (secondary N) is 2. The predicted octanol–water partition coefficient (Wildman–Crippen LogP) is 2.46. The van der Waals surface area contributed by atoms with Gasteiger partial charge in [-0.15, -0.1) is 0 Å². The Kier molecular flexibility index (Phi) is 2.81. The maximum atomic E-state index is 11.2. The second-order valence-corrected chi connectivity index (χ2v) is 3.83. The van der Waals surface area contributed by atoms with E-state index in [4.69, 9.17) is 28.7 Å². The van der Waals surface area contributed by atoms with Crippen LogP contribution in [0.5, 0.6) is 0 Å². The summed E-state index contributed by atoms with van der Waals surface area (Å²) in [5, 5.41) is 3.44. The lowest BCUT2D eigenvalue weighted by Crippen LogP contribution is -2.28. The Morgan fingerprint density at radius 3 is 2.53 bits per heavy atom. The Hall–Kier alpha value is -1.95.